The highest BCUT2D eigenvalue weighted by Gasteiger charge is 2.16. The predicted molar refractivity (Wildman–Crippen MR) is 44.0 cm³/mol. The van der Waals surface area contributed by atoms with Crippen LogP contribution < -0.4 is 5.43 Å². The van der Waals surface area contributed by atoms with Crippen molar-refractivity contribution in [2.24, 2.45) is 0 Å². The summed E-state index contributed by atoms with van der Waals surface area (Å²) in [5.74, 6) is -1.87. The Kier molecular flexibility index (Phi) is 2.27. The minimum absolute atomic E-state index is 0.310. The number of Topliss-reactive ketones (excluding diaryl/α,β-unsaturated/α-hetero) is 1. The number of nitrogens with one attached hydrogen (secondary N) is 1. The number of rotatable bonds is 2. The third-order valence-corrected chi connectivity index (χ3v) is 1.52. The summed E-state index contributed by atoms with van der Waals surface area (Å²) < 4.78 is 0. The van der Waals surface area contributed by atoms with Gasteiger partial charge in [-0.25, -0.2) is 4.79 Å². The van der Waals surface area contributed by atoms with Gasteiger partial charge in [0.2, 0.25) is 0 Å². The monoisotopic (exact) mass is 181 g/mol. The summed E-state index contributed by atoms with van der Waals surface area (Å²) in [4.78, 5) is 34.9. The minimum atomic E-state index is -1.32. The maximum atomic E-state index is 11.1. The van der Waals surface area contributed by atoms with Crippen LogP contribution in [0, 0.1) is 0 Å². The summed E-state index contributed by atoms with van der Waals surface area (Å²) in [6.07, 6.45) is 1.19. The lowest BCUT2D eigenvalue weighted by Gasteiger charge is -1.99. The number of H-pyrrole nitrogens is 1. The molecule has 0 aliphatic rings. The van der Waals surface area contributed by atoms with E-state index in [-0.39, 0.29) is 11.3 Å². The molecule has 1 heterocycles. The molecule has 0 saturated heterocycles. The van der Waals surface area contributed by atoms with Crippen molar-refractivity contribution in [2.45, 2.75) is 6.92 Å². The standard InChI is InChI=1S/C8H7NO4/c1-4(10)6-5(11)2-3-9-7(6)8(12)13/h2-3H,1H3,(H,9,11)(H,12,13). The predicted octanol–water partition coefficient (Wildman–Crippen LogP) is 0.276. The molecule has 1 rings (SSSR count). The van der Waals surface area contributed by atoms with Crippen LogP contribution >= 0.6 is 0 Å². The van der Waals surface area contributed by atoms with Gasteiger partial charge < -0.3 is 10.1 Å². The van der Waals surface area contributed by atoms with Gasteiger partial charge in [0, 0.05) is 12.3 Å². The number of carbonyl (C=O) groups excluding carboxylic acids is 1. The highest BCUT2D eigenvalue weighted by Crippen LogP contribution is 2.00. The molecular weight excluding hydrogens is 174 g/mol. The van der Waals surface area contributed by atoms with Crippen LogP contribution in [0.15, 0.2) is 17.1 Å². The Balaban J connectivity index is 3.52. The summed E-state index contributed by atoms with van der Waals surface area (Å²) in [6.45, 7) is 1.15. The van der Waals surface area contributed by atoms with E-state index in [1.807, 2.05) is 0 Å². The van der Waals surface area contributed by atoms with Crippen LogP contribution in [0.2, 0.25) is 0 Å². The second-order valence-corrected chi connectivity index (χ2v) is 2.45. The molecule has 0 atom stereocenters. The third-order valence-electron chi connectivity index (χ3n) is 1.52. The number of hydrogen-bond acceptors (Lipinski definition) is 3. The largest absolute Gasteiger partial charge is 0.477 e. The van der Waals surface area contributed by atoms with Gasteiger partial charge in [-0.3, -0.25) is 9.59 Å². The first-order chi connectivity index (χ1) is 6.04. The fraction of sp³-hybridized carbons (Fsp3) is 0.125. The number of aromatic amines is 1. The molecule has 0 fully saturated rings. The Morgan fingerprint density at radius 3 is 2.46 bits per heavy atom. The molecule has 0 saturated carbocycles. The van der Waals surface area contributed by atoms with Crippen molar-refractivity contribution in [3.05, 3.63) is 33.7 Å². The molecule has 0 bridgehead atoms. The van der Waals surface area contributed by atoms with E-state index in [1.165, 1.54) is 6.20 Å². The highest BCUT2D eigenvalue weighted by atomic mass is 16.4. The first kappa shape index (κ1) is 9.18. The van der Waals surface area contributed by atoms with Crippen LogP contribution in [-0.2, 0) is 0 Å². The molecule has 68 valence electrons. The van der Waals surface area contributed by atoms with E-state index in [4.69, 9.17) is 5.11 Å². The molecule has 1 aromatic rings. The molecule has 0 radical (unpaired) electrons. The number of pyridine rings is 1. The fourth-order valence-electron chi connectivity index (χ4n) is 0.998. The van der Waals surface area contributed by atoms with E-state index < -0.39 is 17.2 Å². The van der Waals surface area contributed by atoms with Crippen LogP contribution in [0.3, 0.4) is 0 Å². The summed E-state index contributed by atoms with van der Waals surface area (Å²) >= 11 is 0. The zero-order valence-corrected chi connectivity index (χ0v) is 6.83. The Bertz CT molecular complexity index is 418. The van der Waals surface area contributed by atoms with Crippen molar-refractivity contribution in [1.29, 1.82) is 0 Å². The number of hydrogen-bond donors (Lipinski definition) is 2. The Hall–Kier alpha value is -1.91. The lowest BCUT2D eigenvalue weighted by Crippen LogP contribution is -2.19. The van der Waals surface area contributed by atoms with Gasteiger partial charge in [0.05, 0.1) is 5.56 Å². The maximum Gasteiger partial charge on any atom is 0.353 e. The normalized spacial score (nSPS) is 9.62. The third kappa shape index (κ3) is 1.64. The van der Waals surface area contributed by atoms with Crippen LogP contribution in [0.25, 0.3) is 0 Å². The van der Waals surface area contributed by atoms with Gasteiger partial charge in [-0.05, 0) is 6.92 Å². The zero-order valence-electron chi connectivity index (χ0n) is 6.83. The van der Waals surface area contributed by atoms with Gasteiger partial charge in [0.1, 0.15) is 5.69 Å². The van der Waals surface area contributed by atoms with Crippen molar-refractivity contribution < 1.29 is 14.7 Å². The molecule has 13 heavy (non-hydrogen) atoms. The summed E-state index contributed by atoms with van der Waals surface area (Å²) in [5.41, 5.74) is -1.25. The van der Waals surface area contributed by atoms with E-state index in [2.05, 4.69) is 4.98 Å². The Labute approximate surface area is 73.0 Å². The maximum absolute atomic E-state index is 11.1. The average molecular weight is 181 g/mol. The number of carboxylic acid groups (broad SMARTS) is 1. The molecular formula is C8H7NO4. The Morgan fingerprint density at radius 2 is 2.08 bits per heavy atom. The SMILES string of the molecule is CC(=O)c1c(C(=O)O)[nH]ccc1=O. The van der Waals surface area contributed by atoms with E-state index in [9.17, 15) is 14.4 Å². The zero-order chi connectivity index (χ0) is 10.0. The van der Waals surface area contributed by atoms with Crippen LogP contribution in [-0.4, -0.2) is 21.8 Å². The molecule has 0 aliphatic carbocycles. The Morgan fingerprint density at radius 1 is 1.46 bits per heavy atom. The molecule has 5 heteroatoms. The first-order valence-electron chi connectivity index (χ1n) is 3.50. The first-order valence-corrected chi connectivity index (χ1v) is 3.50. The van der Waals surface area contributed by atoms with Gasteiger partial charge >= 0.3 is 5.97 Å². The minimum Gasteiger partial charge on any atom is -0.477 e. The van der Waals surface area contributed by atoms with Crippen LogP contribution in [0.4, 0.5) is 0 Å². The molecule has 1 aromatic heterocycles. The number of ketones is 1. The second-order valence-electron chi connectivity index (χ2n) is 2.45. The van der Waals surface area contributed by atoms with Crippen molar-refractivity contribution >= 4 is 11.8 Å². The van der Waals surface area contributed by atoms with Gasteiger partial charge in [0.15, 0.2) is 11.2 Å². The molecule has 0 aliphatic heterocycles. The molecule has 2 N–H and O–H groups in total. The molecule has 5 nitrogen and oxygen atoms in total. The van der Waals surface area contributed by atoms with E-state index in [0.717, 1.165) is 13.0 Å². The number of carboxylic acids is 1. The topological polar surface area (TPSA) is 87.2 Å². The van der Waals surface area contributed by atoms with E-state index >= 15 is 0 Å². The van der Waals surface area contributed by atoms with Crippen molar-refractivity contribution in [3.8, 4) is 0 Å². The average Bonchev–Trinajstić information content (AvgIpc) is 2.02. The molecule has 0 aromatic carbocycles. The van der Waals surface area contributed by atoms with Gasteiger partial charge in [-0.15, -0.1) is 0 Å². The number of aromatic nitrogens is 1. The lowest BCUT2D eigenvalue weighted by atomic mass is 10.1. The number of carbonyl (C=O) groups is 2. The summed E-state index contributed by atoms with van der Waals surface area (Å²) in [6, 6.07) is 1.11. The summed E-state index contributed by atoms with van der Waals surface area (Å²) in [7, 11) is 0. The number of aromatic carboxylic acids is 1. The van der Waals surface area contributed by atoms with E-state index in [1.54, 1.807) is 0 Å². The molecule has 0 unspecified atom stereocenters. The van der Waals surface area contributed by atoms with Gasteiger partial charge in [-0.1, -0.05) is 0 Å². The lowest BCUT2D eigenvalue weighted by molar-refractivity contribution is 0.0685. The smallest absolute Gasteiger partial charge is 0.353 e. The molecule has 0 amide bonds. The van der Waals surface area contributed by atoms with Crippen LogP contribution in [0.5, 0.6) is 0 Å². The van der Waals surface area contributed by atoms with Crippen molar-refractivity contribution in [1.82, 2.24) is 4.98 Å². The van der Waals surface area contributed by atoms with Crippen molar-refractivity contribution in [2.75, 3.05) is 0 Å². The molecule has 0 spiro atoms. The van der Waals surface area contributed by atoms with E-state index in [0.29, 0.717) is 0 Å². The van der Waals surface area contributed by atoms with Crippen LogP contribution in [0.1, 0.15) is 27.8 Å². The van der Waals surface area contributed by atoms with Gasteiger partial charge in [0.25, 0.3) is 0 Å². The fourth-order valence-corrected chi connectivity index (χ4v) is 0.998. The highest BCUT2D eigenvalue weighted by molar-refractivity contribution is 6.03. The van der Waals surface area contributed by atoms with Gasteiger partial charge in [-0.2, -0.15) is 0 Å². The van der Waals surface area contributed by atoms with Crippen molar-refractivity contribution in [3.63, 3.8) is 0 Å². The quantitative estimate of drug-likeness (QED) is 0.641. The second kappa shape index (κ2) is 3.22. The summed E-state index contributed by atoms with van der Waals surface area (Å²) in [5, 5.41) is 8.62.